The number of hydrogen-bond acceptors (Lipinski definition) is 3. The van der Waals surface area contributed by atoms with Crippen molar-refractivity contribution in [2.24, 2.45) is 0 Å². The highest BCUT2D eigenvalue weighted by Gasteiger charge is 2.40. The summed E-state index contributed by atoms with van der Waals surface area (Å²) < 4.78 is 0. The van der Waals surface area contributed by atoms with Gasteiger partial charge >= 0.3 is 0 Å². The van der Waals surface area contributed by atoms with Gasteiger partial charge in [0.15, 0.2) is 0 Å². The fraction of sp³-hybridized carbons (Fsp3) is 0.333. The quantitative estimate of drug-likeness (QED) is 0.350. The lowest BCUT2D eigenvalue weighted by atomic mass is 9.92. The van der Waals surface area contributed by atoms with Gasteiger partial charge in [-0.2, -0.15) is 0 Å². The van der Waals surface area contributed by atoms with Crippen LogP contribution in [0.5, 0.6) is 0 Å². The number of hydrogen-bond donors (Lipinski definition) is 1. The van der Waals surface area contributed by atoms with E-state index in [1.807, 2.05) is 30.3 Å². The summed E-state index contributed by atoms with van der Waals surface area (Å²) >= 11 is 1.75. The van der Waals surface area contributed by atoms with Crippen LogP contribution in [0.4, 0.5) is 0 Å². The van der Waals surface area contributed by atoms with E-state index in [2.05, 4.69) is 72.6 Å². The molecule has 1 saturated carbocycles. The van der Waals surface area contributed by atoms with E-state index in [1.54, 1.807) is 11.8 Å². The van der Waals surface area contributed by atoms with Gasteiger partial charge in [0.25, 0.3) is 11.8 Å². The molecule has 3 aromatic carbocycles. The zero-order valence-corrected chi connectivity index (χ0v) is 23.1. The van der Waals surface area contributed by atoms with Gasteiger partial charge in [0.2, 0.25) is 0 Å². The van der Waals surface area contributed by atoms with Crippen molar-refractivity contribution in [3.8, 4) is 0 Å². The maximum absolute atomic E-state index is 13.7. The predicted octanol–water partition coefficient (Wildman–Crippen LogP) is 6.70. The second-order valence-corrected chi connectivity index (χ2v) is 11.8. The molecule has 0 spiro atoms. The molecule has 2 unspecified atom stereocenters. The number of carbonyl (C=O) groups is 2. The van der Waals surface area contributed by atoms with E-state index in [0.29, 0.717) is 29.9 Å². The second-order valence-electron chi connectivity index (χ2n) is 10.5. The lowest BCUT2D eigenvalue weighted by Gasteiger charge is -2.44. The zero-order valence-electron chi connectivity index (χ0n) is 22.3. The molecule has 2 aliphatic rings. The largest absolute Gasteiger partial charge is 0.352 e. The Morgan fingerprint density at radius 2 is 1.71 bits per heavy atom. The summed E-state index contributed by atoms with van der Waals surface area (Å²) in [6.07, 6.45) is 7.44. The minimum absolute atomic E-state index is 0.0751. The van der Waals surface area contributed by atoms with Crippen molar-refractivity contribution in [2.45, 2.75) is 63.8 Å². The number of fused-ring (bicyclic) bond motifs is 1. The van der Waals surface area contributed by atoms with Crippen molar-refractivity contribution in [1.29, 1.82) is 0 Å². The number of thioether (sulfide) groups is 1. The Morgan fingerprint density at radius 1 is 0.974 bits per heavy atom. The summed E-state index contributed by atoms with van der Waals surface area (Å²) in [6, 6.07) is 24.6. The van der Waals surface area contributed by atoms with Crippen molar-refractivity contribution < 1.29 is 9.59 Å². The molecule has 196 valence electrons. The summed E-state index contributed by atoms with van der Waals surface area (Å²) in [6.45, 7) is 5.44. The second kappa shape index (κ2) is 12.0. The molecule has 3 aromatic rings. The molecule has 1 heterocycles. The van der Waals surface area contributed by atoms with Gasteiger partial charge in [0, 0.05) is 29.9 Å². The SMILES string of the molecule is Cc1ccc(CCNC(=O)c2ccc(/C=C3/SC4CCCCC4N(Cc4ccccc4C)C3=O)cc2)cc1. The summed E-state index contributed by atoms with van der Waals surface area (Å²) in [7, 11) is 0. The van der Waals surface area contributed by atoms with Crippen LogP contribution in [-0.2, 0) is 17.8 Å². The first kappa shape index (κ1) is 26.3. The molecular weight excluding hydrogens is 488 g/mol. The molecule has 2 fully saturated rings. The first-order valence-corrected chi connectivity index (χ1v) is 14.5. The Labute approximate surface area is 230 Å². The van der Waals surface area contributed by atoms with E-state index in [-0.39, 0.29) is 11.8 Å². The van der Waals surface area contributed by atoms with Gasteiger partial charge in [-0.15, -0.1) is 11.8 Å². The Bertz CT molecular complexity index is 1310. The molecule has 4 nitrogen and oxygen atoms in total. The summed E-state index contributed by atoms with van der Waals surface area (Å²) in [5, 5.41) is 3.46. The topological polar surface area (TPSA) is 49.4 Å². The molecule has 2 atom stereocenters. The fourth-order valence-corrected chi connectivity index (χ4v) is 6.86. The van der Waals surface area contributed by atoms with Crippen LogP contribution in [-0.4, -0.2) is 34.6 Å². The minimum atomic E-state index is -0.0751. The maximum atomic E-state index is 13.7. The number of nitrogens with zero attached hydrogens (tertiary/aromatic N) is 1. The molecule has 0 radical (unpaired) electrons. The molecule has 2 amide bonds. The van der Waals surface area contributed by atoms with Gasteiger partial charge < -0.3 is 10.2 Å². The first-order valence-electron chi connectivity index (χ1n) is 13.7. The zero-order chi connectivity index (χ0) is 26.5. The molecule has 0 bridgehead atoms. The number of carbonyl (C=O) groups excluding carboxylic acids is 2. The van der Waals surface area contributed by atoms with Crippen LogP contribution in [0.25, 0.3) is 6.08 Å². The smallest absolute Gasteiger partial charge is 0.260 e. The Hall–Kier alpha value is -3.31. The van der Waals surface area contributed by atoms with Crippen molar-refractivity contribution >= 4 is 29.7 Å². The van der Waals surface area contributed by atoms with Crippen molar-refractivity contribution in [3.63, 3.8) is 0 Å². The normalized spacial score (nSPS) is 20.3. The highest BCUT2D eigenvalue weighted by Crippen LogP contribution is 2.42. The van der Waals surface area contributed by atoms with Crippen LogP contribution < -0.4 is 5.32 Å². The van der Waals surface area contributed by atoms with Crippen LogP contribution in [0, 0.1) is 13.8 Å². The van der Waals surface area contributed by atoms with Crippen LogP contribution in [0.2, 0.25) is 0 Å². The number of nitrogens with one attached hydrogen (secondary N) is 1. The minimum Gasteiger partial charge on any atom is -0.352 e. The molecular formula is C33H36N2O2S. The third-order valence-corrected chi connectivity index (χ3v) is 9.11. The van der Waals surface area contributed by atoms with Crippen molar-refractivity contribution in [1.82, 2.24) is 10.2 Å². The first-order chi connectivity index (χ1) is 18.5. The van der Waals surface area contributed by atoms with E-state index in [0.717, 1.165) is 29.7 Å². The van der Waals surface area contributed by atoms with E-state index in [4.69, 9.17) is 0 Å². The average molecular weight is 525 g/mol. The van der Waals surface area contributed by atoms with Crippen LogP contribution in [0.15, 0.2) is 77.7 Å². The van der Waals surface area contributed by atoms with Crippen LogP contribution in [0.1, 0.15) is 63.9 Å². The van der Waals surface area contributed by atoms with E-state index in [9.17, 15) is 9.59 Å². The lowest BCUT2D eigenvalue weighted by molar-refractivity contribution is -0.130. The molecule has 1 saturated heterocycles. The van der Waals surface area contributed by atoms with E-state index >= 15 is 0 Å². The summed E-state index contributed by atoms with van der Waals surface area (Å²) in [4.78, 5) is 29.3. The standard InChI is InChI=1S/C33H36N2O2S/c1-23-11-13-25(14-12-23)19-20-34-32(36)27-17-15-26(16-18-27)21-31-33(37)35(22-28-8-4-3-7-24(28)2)29-9-5-6-10-30(29)38-31/h3-4,7-8,11-18,21,29-30H,5-6,9-10,19-20,22H2,1-2H3,(H,34,36)/b31-21+. The molecule has 0 aromatic heterocycles. The number of aryl methyl sites for hydroxylation is 2. The summed E-state index contributed by atoms with van der Waals surface area (Å²) in [5.41, 5.74) is 6.47. The van der Waals surface area contributed by atoms with Gasteiger partial charge in [-0.05, 0) is 73.6 Å². The monoisotopic (exact) mass is 524 g/mol. The number of amides is 2. The van der Waals surface area contributed by atoms with Gasteiger partial charge in [-0.25, -0.2) is 0 Å². The molecule has 5 heteroatoms. The fourth-order valence-electron chi connectivity index (χ4n) is 5.39. The number of rotatable bonds is 7. The van der Waals surface area contributed by atoms with E-state index < -0.39 is 0 Å². The van der Waals surface area contributed by atoms with Crippen molar-refractivity contribution in [2.75, 3.05) is 6.54 Å². The Morgan fingerprint density at radius 3 is 2.47 bits per heavy atom. The van der Waals surface area contributed by atoms with Gasteiger partial charge in [0.05, 0.1) is 4.91 Å². The maximum Gasteiger partial charge on any atom is 0.260 e. The summed E-state index contributed by atoms with van der Waals surface area (Å²) in [5.74, 6) is 0.0493. The highest BCUT2D eigenvalue weighted by atomic mass is 32.2. The van der Waals surface area contributed by atoms with Gasteiger partial charge in [0.1, 0.15) is 0 Å². The van der Waals surface area contributed by atoms with Gasteiger partial charge in [-0.1, -0.05) is 79.1 Å². The molecule has 1 aliphatic heterocycles. The molecule has 1 aliphatic carbocycles. The third-order valence-electron chi connectivity index (χ3n) is 7.71. The third kappa shape index (κ3) is 6.21. The van der Waals surface area contributed by atoms with E-state index in [1.165, 1.54) is 35.1 Å². The molecule has 38 heavy (non-hydrogen) atoms. The molecule has 5 rings (SSSR count). The van der Waals surface area contributed by atoms with Crippen LogP contribution >= 0.6 is 11.8 Å². The van der Waals surface area contributed by atoms with Gasteiger partial charge in [-0.3, -0.25) is 9.59 Å². The Balaban J connectivity index is 1.26. The predicted molar refractivity (Wildman–Crippen MR) is 157 cm³/mol. The number of benzene rings is 3. The average Bonchev–Trinajstić information content (AvgIpc) is 2.93. The Kier molecular flexibility index (Phi) is 8.33. The highest BCUT2D eigenvalue weighted by molar-refractivity contribution is 8.04. The van der Waals surface area contributed by atoms with Crippen LogP contribution in [0.3, 0.4) is 0 Å². The molecule has 1 N–H and O–H groups in total. The lowest BCUT2D eigenvalue weighted by Crippen LogP contribution is -2.50. The van der Waals surface area contributed by atoms with Crippen molar-refractivity contribution in [3.05, 3.63) is 111 Å².